The van der Waals surface area contributed by atoms with E-state index in [0.29, 0.717) is 11.3 Å². The second-order valence-electron chi connectivity index (χ2n) is 3.14. The number of phenolic OH excluding ortho intramolecular Hbond substituents is 1. The zero-order valence-electron chi connectivity index (χ0n) is 7.60. The SMILES string of the molecule is O=[N+]([O-])C1=C(O)c2ccc(O)cc2NC1. The molecule has 15 heavy (non-hydrogen) atoms. The summed E-state index contributed by atoms with van der Waals surface area (Å²) in [6.45, 7) is -0.0602. The number of hydrogen-bond donors (Lipinski definition) is 3. The number of nitro groups is 1. The lowest BCUT2D eigenvalue weighted by Gasteiger charge is -2.16. The van der Waals surface area contributed by atoms with Gasteiger partial charge in [0.25, 0.3) is 0 Å². The maximum Gasteiger partial charge on any atom is 0.307 e. The summed E-state index contributed by atoms with van der Waals surface area (Å²) in [6, 6.07) is 4.19. The lowest BCUT2D eigenvalue weighted by molar-refractivity contribution is -0.425. The van der Waals surface area contributed by atoms with Crippen molar-refractivity contribution in [3.63, 3.8) is 0 Å². The molecule has 1 aromatic rings. The number of nitrogens with zero attached hydrogens (tertiary/aromatic N) is 1. The summed E-state index contributed by atoms with van der Waals surface area (Å²) in [4.78, 5) is 9.91. The normalized spacial score (nSPS) is 14.4. The van der Waals surface area contributed by atoms with Gasteiger partial charge in [-0.1, -0.05) is 0 Å². The Morgan fingerprint density at radius 1 is 1.40 bits per heavy atom. The van der Waals surface area contributed by atoms with Gasteiger partial charge in [0.1, 0.15) is 12.3 Å². The molecule has 0 atom stereocenters. The molecule has 1 aliphatic rings. The molecule has 6 nitrogen and oxygen atoms in total. The summed E-state index contributed by atoms with van der Waals surface area (Å²) in [6.07, 6.45) is 0. The molecule has 0 bridgehead atoms. The first kappa shape index (κ1) is 9.32. The minimum atomic E-state index is -0.627. The number of nitrogens with one attached hydrogen (secondary N) is 1. The molecule has 6 heteroatoms. The first-order chi connectivity index (χ1) is 7.09. The van der Waals surface area contributed by atoms with Crippen LogP contribution in [0.3, 0.4) is 0 Å². The fourth-order valence-corrected chi connectivity index (χ4v) is 1.45. The van der Waals surface area contributed by atoms with Gasteiger partial charge in [-0.15, -0.1) is 0 Å². The molecule has 1 aromatic carbocycles. The van der Waals surface area contributed by atoms with Gasteiger partial charge in [0.2, 0.25) is 5.76 Å². The van der Waals surface area contributed by atoms with E-state index in [4.69, 9.17) is 0 Å². The Labute approximate surface area is 84.6 Å². The molecule has 0 saturated heterocycles. The van der Waals surface area contributed by atoms with Crippen molar-refractivity contribution in [2.75, 3.05) is 11.9 Å². The third kappa shape index (κ3) is 1.45. The Morgan fingerprint density at radius 2 is 2.13 bits per heavy atom. The molecule has 0 saturated carbocycles. The van der Waals surface area contributed by atoms with E-state index in [2.05, 4.69) is 5.32 Å². The minimum Gasteiger partial charge on any atom is -0.508 e. The largest absolute Gasteiger partial charge is 0.508 e. The number of rotatable bonds is 1. The summed E-state index contributed by atoms with van der Waals surface area (Å²) >= 11 is 0. The zero-order chi connectivity index (χ0) is 11.0. The van der Waals surface area contributed by atoms with E-state index >= 15 is 0 Å². The van der Waals surface area contributed by atoms with Crippen molar-refractivity contribution in [2.24, 2.45) is 0 Å². The molecule has 1 aliphatic heterocycles. The number of aliphatic hydroxyl groups is 1. The second kappa shape index (κ2) is 3.16. The van der Waals surface area contributed by atoms with E-state index in [1.54, 1.807) is 0 Å². The average Bonchev–Trinajstić information content (AvgIpc) is 2.17. The average molecular weight is 208 g/mol. The lowest BCUT2D eigenvalue weighted by Crippen LogP contribution is -2.19. The number of aliphatic hydroxyl groups excluding tert-OH is 1. The molecule has 0 amide bonds. The van der Waals surface area contributed by atoms with Gasteiger partial charge in [0.15, 0.2) is 0 Å². The van der Waals surface area contributed by atoms with Crippen LogP contribution < -0.4 is 5.32 Å². The van der Waals surface area contributed by atoms with E-state index in [9.17, 15) is 20.3 Å². The Balaban J connectivity index is 2.57. The van der Waals surface area contributed by atoms with E-state index < -0.39 is 4.92 Å². The van der Waals surface area contributed by atoms with E-state index in [1.165, 1.54) is 18.2 Å². The zero-order valence-corrected chi connectivity index (χ0v) is 7.60. The smallest absolute Gasteiger partial charge is 0.307 e. The molecule has 0 aliphatic carbocycles. The third-order valence-corrected chi connectivity index (χ3v) is 2.20. The molecular formula is C9H8N2O4. The standard InChI is InChI=1S/C9H8N2O4/c12-5-1-2-6-7(3-5)10-4-8(9(6)13)11(14)15/h1-3,10,12-13H,4H2. The van der Waals surface area contributed by atoms with Gasteiger partial charge >= 0.3 is 5.70 Å². The van der Waals surface area contributed by atoms with Gasteiger partial charge in [-0.2, -0.15) is 0 Å². The predicted octanol–water partition coefficient (Wildman–Crippen LogP) is 1.32. The molecule has 0 aromatic heterocycles. The Morgan fingerprint density at radius 3 is 2.80 bits per heavy atom. The van der Waals surface area contributed by atoms with Gasteiger partial charge < -0.3 is 15.5 Å². The van der Waals surface area contributed by atoms with E-state index in [0.717, 1.165) is 0 Å². The number of anilines is 1. The van der Waals surface area contributed by atoms with Crippen molar-refractivity contribution in [3.05, 3.63) is 39.6 Å². The Kier molecular flexibility index (Phi) is 1.96. The maximum absolute atomic E-state index is 10.5. The predicted molar refractivity (Wildman–Crippen MR) is 53.1 cm³/mol. The van der Waals surface area contributed by atoms with Crippen molar-refractivity contribution >= 4 is 11.4 Å². The molecule has 0 unspecified atom stereocenters. The van der Waals surface area contributed by atoms with E-state index in [-0.39, 0.29) is 23.8 Å². The fourth-order valence-electron chi connectivity index (χ4n) is 1.45. The molecule has 0 spiro atoms. The van der Waals surface area contributed by atoms with Crippen molar-refractivity contribution in [1.82, 2.24) is 0 Å². The van der Waals surface area contributed by atoms with Crippen LogP contribution in [-0.2, 0) is 0 Å². The topological polar surface area (TPSA) is 95.6 Å². The molecule has 1 heterocycles. The molecule has 0 fully saturated rings. The van der Waals surface area contributed by atoms with Crippen LogP contribution in [-0.4, -0.2) is 21.7 Å². The highest BCUT2D eigenvalue weighted by Crippen LogP contribution is 2.31. The van der Waals surface area contributed by atoms with E-state index in [1.807, 2.05) is 0 Å². The number of phenols is 1. The van der Waals surface area contributed by atoms with Gasteiger partial charge in [0.05, 0.1) is 4.92 Å². The van der Waals surface area contributed by atoms with Crippen LogP contribution in [0.1, 0.15) is 5.56 Å². The lowest BCUT2D eigenvalue weighted by atomic mass is 10.1. The molecule has 2 rings (SSSR count). The van der Waals surface area contributed by atoms with Crippen LogP contribution in [0.2, 0.25) is 0 Å². The summed E-state index contributed by atoms with van der Waals surface area (Å²) in [5, 5.41) is 32.1. The molecule has 0 radical (unpaired) electrons. The number of fused-ring (bicyclic) bond motifs is 1. The molecule has 3 N–H and O–H groups in total. The van der Waals surface area contributed by atoms with Crippen LogP contribution in [0.5, 0.6) is 5.75 Å². The third-order valence-electron chi connectivity index (χ3n) is 2.20. The Bertz CT molecular complexity index is 467. The quantitative estimate of drug-likeness (QED) is 0.477. The van der Waals surface area contributed by atoms with Crippen molar-refractivity contribution in [1.29, 1.82) is 0 Å². The van der Waals surface area contributed by atoms with Gasteiger partial charge in [-0.25, -0.2) is 0 Å². The van der Waals surface area contributed by atoms with Crippen LogP contribution in [0.25, 0.3) is 5.76 Å². The van der Waals surface area contributed by atoms with Gasteiger partial charge in [-0.3, -0.25) is 10.1 Å². The van der Waals surface area contributed by atoms with Crippen LogP contribution in [0.15, 0.2) is 23.9 Å². The second-order valence-corrected chi connectivity index (χ2v) is 3.14. The molecule has 78 valence electrons. The minimum absolute atomic E-state index is 0.0404. The van der Waals surface area contributed by atoms with Gasteiger partial charge in [-0.05, 0) is 12.1 Å². The highest BCUT2D eigenvalue weighted by atomic mass is 16.6. The number of benzene rings is 1. The monoisotopic (exact) mass is 208 g/mol. The first-order valence-corrected chi connectivity index (χ1v) is 4.23. The summed E-state index contributed by atoms with van der Waals surface area (Å²) in [5.41, 5.74) is 0.539. The van der Waals surface area contributed by atoms with Crippen LogP contribution in [0, 0.1) is 10.1 Å². The Hall–Kier alpha value is -2.24. The summed E-state index contributed by atoms with van der Waals surface area (Å²) in [5.74, 6) is -0.313. The summed E-state index contributed by atoms with van der Waals surface area (Å²) in [7, 11) is 0. The van der Waals surface area contributed by atoms with Crippen molar-refractivity contribution in [3.8, 4) is 5.75 Å². The highest BCUT2D eigenvalue weighted by Gasteiger charge is 2.26. The first-order valence-electron chi connectivity index (χ1n) is 4.23. The van der Waals surface area contributed by atoms with Crippen molar-refractivity contribution < 1.29 is 15.1 Å². The summed E-state index contributed by atoms with van der Waals surface area (Å²) < 4.78 is 0. The number of aromatic hydroxyl groups is 1. The van der Waals surface area contributed by atoms with Crippen LogP contribution in [0.4, 0.5) is 5.69 Å². The fraction of sp³-hybridized carbons (Fsp3) is 0.111. The maximum atomic E-state index is 10.5. The highest BCUT2D eigenvalue weighted by molar-refractivity contribution is 5.77. The number of hydrogen-bond acceptors (Lipinski definition) is 5. The van der Waals surface area contributed by atoms with Gasteiger partial charge in [0, 0.05) is 17.3 Å². The van der Waals surface area contributed by atoms with Crippen molar-refractivity contribution in [2.45, 2.75) is 0 Å². The van der Waals surface area contributed by atoms with Crippen LogP contribution >= 0.6 is 0 Å². The molecular weight excluding hydrogens is 200 g/mol.